The first-order chi connectivity index (χ1) is 14.5. The lowest BCUT2D eigenvalue weighted by Crippen LogP contribution is -3.11. The van der Waals surface area contributed by atoms with Gasteiger partial charge >= 0.3 is 0 Å². The van der Waals surface area contributed by atoms with Crippen LogP contribution in [-0.2, 0) is 12.8 Å². The highest BCUT2D eigenvalue weighted by Crippen LogP contribution is 2.39. The number of benzene rings is 1. The molecule has 0 saturated heterocycles. The average Bonchev–Trinajstić information content (AvgIpc) is 3.11. The fraction of sp³-hybridized carbons (Fsp3) is 0.500. The Hall–Kier alpha value is -2.18. The molecule has 5 nitrogen and oxygen atoms in total. The minimum Gasteiger partial charge on any atom is -0.352 e. The third kappa shape index (κ3) is 5.49. The molecule has 30 heavy (non-hydrogen) atoms. The van der Waals surface area contributed by atoms with Gasteiger partial charge in [0.15, 0.2) is 0 Å². The van der Waals surface area contributed by atoms with Crippen LogP contribution in [0.4, 0.5) is 5.00 Å². The fourth-order valence-corrected chi connectivity index (χ4v) is 5.48. The minimum atomic E-state index is -0.165. The van der Waals surface area contributed by atoms with Gasteiger partial charge in [0, 0.05) is 23.4 Å². The van der Waals surface area contributed by atoms with Gasteiger partial charge in [-0.15, -0.1) is 11.3 Å². The van der Waals surface area contributed by atoms with Crippen molar-refractivity contribution in [2.75, 3.05) is 31.5 Å². The Morgan fingerprint density at radius 1 is 1.13 bits per heavy atom. The maximum Gasteiger partial charge on any atom is 0.256 e. The van der Waals surface area contributed by atoms with E-state index in [1.54, 1.807) is 28.4 Å². The summed E-state index contributed by atoms with van der Waals surface area (Å²) < 4.78 is 0. The van der Waals surface area contributed by atoms with Crippen molar-refractivity contribution >= 4 is 28.2 Å². The molecule has 1 aliphatic rings. The summed E-state index contributed by atoms with van der Waals surface area (Å²) in [4.78, 5) is 28.6. The molecule has 2 amide bonds. The van der Waals surface area contributed by atoms with Gasteiger partial charge in [-0.1, -0.05) is 25.1 Å². The van der Waals surface area contributed by atoms with Gasteiger partial charge in [-0.05, 0) is 56.7 Å². The number of amides is 2. The second-order valence-corrected chi connectivity index (χ2v) is 9.30. The molecule has 0 radical (unpaired) electrons. The highest BCUT2D eigenvalue weighted by atomic mass is 32.1. The molecule has 2 aromatic rings. The van der Waals surface area contributed by atoms with Gasteiger partial charge in [-0.25, -0.2) is 0 Å². The summed E-state index contributed by atoms with van der Waals surface area (Å²) in [7, 11) is 0. The molecule has 1 aromatic heterocycles. The molecule has 162 valence electrons. The monoisotopic (exact) mass is 428 g/mol. The van der Waals surface area contributed by atoms with Gasteiger partial charge in [0.05, 0.1) is 25.2 Å². The van der Waals surface area contributed by atoms with Crippen molar-refractivity contribution in [2.24, 2.45) is 5.92 Å². The summed E-state index contributed by atoms with van der Waals surface area (Å²) in [5, 5.41) is 6.82. The van der Waals surface area contributed by atoms with Crippen molar-refractivity contribution in [1.82, 2.24) is 5.32 Å². The number of thiophene rings is 1. The molecule has 0 saturated carbocycles. The number of hydrogen-bond donors (Lipinski definition) is 3. The van der Waals surface area contributed by atoms with Crippen molar-refractivity contribution in [3.63, 3.8) is 0 Å². The van der Waals surface area contributed by atoms with Crippen LogP contribution >= 0.6 is 11.3 Å². The molecule has 1 atom stereocenters. The first-order valence-electron chi connectivity index (χ1n) is 11.2. The Labute approximate surface area is 183 Å². The van der Waals surface area contributed by atoms with Gasteiger partial charge in [-0.2, -0.15) is 0 Å². The molecule has 3 N–H and O–H groups in total. The van der Waals surface area contributed by atoms with E-state index < -0.39 is 0 Å². The van der Waals surface area contributed by atoms with E-state index in [2.05, 4.69) is 31.4 Å². The Morgan fingerprint density at radius 3 is 2.57 bits per heavy atom. The molecule has 6 heteroatoms. The minimum absolute atomic E-state index is 0.0556. The number of nitrogens with one attached hydrogen (secondary N) is 3. The third-order valence-corrected chi connectivity index (χ3v) is 7.16. The lowest BCUT2D eigenvalue weighted by atomic mass is 9.88. The van der Waals surface area contributed by atoms with Crippen molar-refractivity contribution in [3.05, 3.63) is 51.9 Å². The number of anilines is 1. The Bertz CT molecular complexity index is 859. The van der Waals surface area contributed by atoms with E-state index in [-0.39, 0.29) is 11.8 Å². The number of quaternary nitrogens is 1. The van der Waals surface area contributed by atoms with Crippen LogP contribution in [0.3, 0.4) is 0 Å². The van der Waals surface area contributed by atoms with Crippen molar-refractivity contribution < 1.29 is 14.5 Å². The molecule has 3 rings (SSSR count). The highest BCUT2D eigenvalue weighted by molar-refractivity contribution is 7.17. The molecule has 0 bridgehead atoms. The third-order valence-electron chi connectivity index (χ3n) is 5.99. The zero-order valence-corrected chi connectivity index (χ0v) is 19.2. The normalized spacial score (nSPS) is 15.7. The van der Waals surface area contributed by atoms with Crippen molar-refractivity contribution in [3.8, 4) is 0 Å². The predicted molar refractivity (Wildman–Crippen MR) is 124 cm³/mol. The van der Waals surface area contributed by atoms with Gasteiger partial charge < -0.3 is 15.5 Å². The number of rotatable bonds is 9. The van der Waals surface area contributed by atoms with E-state index in [1.807, 2.05) is 18.2 Å². The maximum atomic E-state index is 13.1. The van der Waals surface area contributed by atoms with Crippen LogP contribution < -0.4 is 15.5 Å². The predicted octanol–water partition coefficient (Wildman–Crippen LogP) is 3.17. The van der Waals surface area contributed by atoms with Crippen LogP contribution in [0.2, 0.25) is 0 Å². The van der Waals surface area contributed by atoms with Crippen molar-refractivity contribution in [1.29, 1.82) is 0 Å². The molecule has 1 unspecified atom stereocenters. The molecule has 1 aliphatic carbocycles. The molecule has 0 spiro atoms. The van der Waals surface area contributed by atoms with Crippen molar-refractivity contribution in [2.45, 2.75) is 46.5 Å². The second-order valence-electron chi connectivity index (χ2n) is 8.19. The highest BCUT2D eigenvalue weighted by Gasteiger charge is 2.28. The zero-order chi connectivity index (χ0) is 21.5. The van der Waals surface area contributed by atoms with Gasteiger partial charge in [0.1, 0.15) is 5.00 Å². The largest absolute Gasteiger partial charge is 0.352 e. The quantitative estimate of drug-likeness (QED) is 0.537. The van der Waals surface area contributed by atoms with Gasteiger partial charge in [-0.3, -0.25) is 9.59 Å². The van der Waals surface area contributed by atoms with E-state index in [1.165, 1.54) is 4.88 Å². The van der Waals surface area contributed by atoms with Crippen LogP contribution in [0.5, 0.6) is 0 Å². The summed E-state index contributed by atoms with van der Waals surface area (Å²) in [6.07, 6.45) is 3.92. The standard InChI is InChI=1S/C24H33N3O2S/c1-4-27(5-2)15-9-14-25-23(29)21-19-13-12-17(3)16-20(19)30-24(21)26-22(28)18-10-7-6-8-11-18/h6-8,10-11,17H,4-5,9,12-16H2,1-3H3,(H,25,29)(H,26,28)/p+1. The fourth-order valence-electron chi connectivity index (χ4n) is 4.08. The molecular weight excluding hydrogens is 394 g/mol. The lowest BCUT2D eigenvalue weighted by Gasteiger charge is -2.19. The number of hydrogen-bond acceptors (Lipinski definition) is 3. The summed E-state index contributed by atoms with van der Waals surface area (Å²) in [6.45, 7) is 10.6. The van der Waals surface area contributed by atoms with Gasteiger partial charge in [0.2, 0.25) is 0 Å². The summed E-state index contributed by atoms with van der Waals surface area (Å²) in [6, 6.07) is 9.17. The summed E-state index contributed by atoms with van der Waals surface area (Å²) >= 11 is 1.57. The van der Waals surface area contributed by atoms with E-state index in [0.717, 1.165) is 50.9 Å². The average molecular weight is 429 g/mol. The maximum absolute atomic E-state index is 13.1. The second kappa shape index (κ2) is 10.7. The Balaban J connectivity index is 1.74. The zero-order valence-electron chi connectivity index (χ0n) is 18.3. The molecule has 0 fully saturated rings. The Kier molecular flexibility index (Phi) is 8.05. The van der Waals surface area contributed by atoms with E-state index >= 15 is 0 Å². The molecule has 0 aliphatic heterocycles. The summed E-state index contributed by atoms with van der Waals surface area (Å²) in [5.41, 5.74) is 2.42. The van der Waals surface area contributed by atoms with Gasteiger partial charge in [0.25, 0.3) is 11.8 Å². The van der Waals surface area contributed by atoms with E-state index in [4.69, 9.17) is 0 Å². The topological polar surface area (TPSA) is 62.6 Å². The Morgan fingerprint density at radius 2 is 1.87 bits per heavy atom. The molecular formula is C24H34N3O2S+. The molecule has 1 heterocycles. The first-order valence-corrected chi connectivity index (χ1v) is 12.0. The smallest absolute Gasteiger partial charge is 0.256 e. The lowest BCUT2D eigenvalue weighted by molar-refractivity contribution is -0.896. The van der Waals surface area contributed by atoms with Crippen LogP contribution in [0.1, 0.15) is 64.8 Å². The van der Waals surface area contributed by atoms with Crippen LogP contribution in [-0.4, -0.2) is 38.0 Å². The first kappa shape index (κ1) is 22.5. The number of carbonyl (C=O) groups is 2. The van der Waals surface area contributed by atoms with Crippen LogP contribution in [0.15, 0.2) is 30.3 Å². The molecule has 1 aromatic carbocycles. The SMILES string of the molecule is CC[NH+](CC)CCCNC(=O)c1c(NC(=O)c2ccccc2)sc2c1CCC(C)C2. The van der Waals surface area contributed by atoms with E-state index in [9.17, 15) is 9.59 Å². The van der Waals surface area contributed by atoms with E-state index in [0.29, 0.717) is 28.6 Å². The number of carbonyl (C=O) groups excluding carboxylic acids is 2. The number of fused-ring (bicyclic) bond motifs is 1. The van der Waals surface area contributed by atoms with Crippen LogP contribution in [0, 0.1) is 5.92 Å². The van der Waals surface area contributed by atoms with Crippen LogP contribution in [0.25, 0.3) is 0 Å². The summed E-state index contributed by atoms with van der Waals surface area (Å²) in [5.74, 6) is 0.392.